The Kier molecular flexibility index (Phi) is 2.88. The summed E-state index contributed by atoms with van der Waals surface area (Å²) < 4.78 is 11.5. The number of nitriles is 2. The predicted octanol–water partition coefficient (Wildman–Crippen LogP) is 2.09. The van der Waals surface area contributed by atoms with E-state index < -0.39 is 22.2 Å². The van der Waals surface area contributed by atoms with Gasteiger partial charge in [-0.2, -0.15) is 10.5 Å². The van der Waals surface area contributed by atoms with Crippen molar-refractivity contribution in [3.8, 4) is 12.1 Å². The van der Waals surface area contributed by atoms with Gasteiger partial charge in [-0.3, -0.25) is 0 Å². The van der Waals surface area contributed by atoms with Crippen molar-refractivity contribution in [3.05, 3.63) is 34.9 Å². The van der Waals surface area contributed by atoms with Gasteiger partial charge >= 0.3 is 0 Å². The van der Waals surface area contributed by atoms with Crippen LogP contribution in [0.5, 0.6) is 0 Å². The number of hydrogen-bond donors (Lipinski definition) is 1. The van der Waals surface area contributed by atoms with Crippen LogP contribution in [-0.2, 0) is 14.9 Å². The molecule has 3 aliphatic rings. The molecule has 2 fully saturated rings. The zero-order chi connectivity index (χ0) is 17.2. The van der Waals surface area contributed by atoms with Gasteiger partial charge in [-0.1, -0.05) is 30.7 Å². The first-order valence-electron chi connectivity index (χ1n) is 7.74. The summed E-state index contributed by atoms with van der Waals surface area (Å²) in [5.41, 5.74) is 3.56. The highest BCUT2D eigenvalue weighted by atomic mass is 35.5. The molecule has 122 valence electrons. The summed E-state index contributed by atoms with van der Waals surface area (Å²) in [5, 5.41) is 20.8. The van der Waals surface area contributed by atoms with Crippen LogP contribution in [0.15, 0.2) is 29.3 Å². The van der Waals surface area contributed by atoms with Gasteiger partial charge in [-0.05, 0) is 24.1 Å². The second kappa shape index (κ2) is 4.49. The second-order valence-electron chi connectivity index (χ2n) is 6.27. The van der Waals surface area contributed by atoms with Crippen LogP contribution >= 0.6 is 11.6 Å². The van der Waals surface area contributed by atoms with Crippen molar-refractivity contribution >= 4 is 17.4 Å². The SMILES string of the molecule is CC[C@]1(c2ccc(Cl)cc2)[C@]2(C#N)C(N)=NC3(OCCO3)[C@@]21C#N. The number of ether oxygens (including phenoxy) is 2. The number of fused-ring (bicyclic) bond motifs is 2. The molecule has 0 amide bonds. The fourth-order valence-corrected chi connectivity index (χ4v) is 5.07. The number of hydrogen-bond acceptors (Lipinski definition) is 6. The molecule has 0 aromatic heterocycles. The van der Waals surface area contributed by atoms with Gasteiger partial charge < -0.3 is 15.2 Å². The first-order chi connectivity index (χ1) is 11.5. The van der Waals surface area contributed by atoms with Crippen LogP contribution in [0.25, 0.3) is 0 Å². The summed E-state index contributed by atoms with van der Waals surface area (Å²) in [7, 11) is 0. The Morgan fingerprint density at radius 2 is 1.83 bits per heavy atom. The maximum absolute atomic E-state index is 10.2. The van der Waals surface area contributed by atoms with Crippen LogP contribution in [-0.4, -0.2) is 25.0 Å². The van der Waals surface area contributed by atoms with Crippen molar-refractivity contribution in [1.29, 1.82) is 10.5 Å². The second-order valence-corrected chi connectivity index (χ2v) is 6.70. The Bertz CT molecular complexity index is 834. The first kappa shape index (κ1) is 15.4. The third-order valence-electron chi connectivity index (χ3n) is 5.79. The van der Waals surface area contributed by atoms with Crippen LogP contribution in [0.2, 0.25) is 5.02 Å². The van der Waals surface area contributed by atoms with E-state index in [0.29, 0.717) is 24.7 Å². The monoisotopic (exact) mass is 342 g/mol. The zero-order valence-electron chi connectivity index (χ0n) is 13.0. The molecule has 1 spiro atoms. The van der Waals surface area contributed by atoms with Crippen molar-refractivity contribution in [3.63, 3.8) is 0 Å². The lowest BCUT2D eigenvalue weighted by Gasteiger charge is -2.31. The summed E-state index contributed by atoms with van der Waals surface area (Å²) in [6, 6.07) is 11.8. The lowest BCUT2D eigenvalue weighted by Crippen LogP contribution is -2.42. The Morgan fingerprint density at radius 3 is 2.33 bits per heavy atom. The van der Waals surface area contributed by atoms with Gasteiger partial charge in [0.05, 0.1) is 30.8 Å². The molecule has 1 saturated carbocycles. The molecule has 7 heteroatoms. The normalized spacial score (nSPS) is 38.2. The summed E-state index contributed by atoms with van der Waals surface area (Å²) >= 11 is 6.00. The van der Waals surface area contributed by atoms with E-state index in [9.17, 15) is 10.5 Å². The lowest BCUT2D eigenvalue weighted by molar-refractivity contribution is -0.188. The molecule has 0 bridgehead atoms. The molecule has 2 N–H and O–H groups in total. The van der Waals surface area contributed by atoms with Crippen molar-refractivity contribution in [2.24, 2.45) is 21.6 Å². The minimum absolute atomic E-state index is 0.102. The van der Waals surface area contributed by atoms with E-state index in [1.165, 1.54) is 0 Å². The Labute approximate surface area is 144 Å². The highest BCUT2D eigenvalue weighted by molar-refractivity contribution is 6.30. The summed E-state index contributed by atoms with van der Waals surface area (Å²) in [5.74, 6) is -1.41. The molecule has 4 rings (SSSR count). The molecule has 6 nitrogen and oxygen atoms in total. The highest BCUT2D eigenvalue weighted by Gasteiger charge is 3.01. The quantitative estimate of drug-likeness (QED) is 0.886. The van der Waals surface area contributed by atoms with Gasteiger partial charge in [0.2, 0.25) is 0 Å². The molecule has 2 heterocycles. The van der Waals surface area contributed by atoms with Gasteiger partial charge in [0.15, 0.2) is 10.8 Å². The summed E-state index contributed by atoms with van der Waals surface area (Å²) in [4.78, 5) is 4.30. The minimum Gasteiger partial charge on any atom is -0.386 e. The fourth-order valence-electron chi connectivity index (χ4n) is 4.94. The van der Waals surface area contributed by atoms with E-state index in [4.69, 9.17) is 26.8 Å². The number of halogens is 1. The molecule has 2 aliphatic heterocycles. The van der Waals surface area contributed by atoms with Crippen molar-refractivity contribution in [1.82, 2.24) is 0 Å². The molecule has 1 aromatic rings. The van der Waals surface area contributed by atoms with E-state index >= 15 is 0 Å². The predicted molar refractivity (Wildman–Crippen MR) is 85.8 cm³/mol. The van der Waals surface area contributed by atoms with Crippen molar-refractivity contribution < 1.29 is 9.47 Å². The van der Waals surface area contributed by atoms with Crippen LogP contribution < -0.4 is 5.73 Å². The molecule has 1 saturated heterocycles. The molecule has 24 heavy (non-hydrogen) atoms. The fraction of sp³-hybridized carbons (Fsp3) is 0.471. The maximum Gasteiger partial charge on any atom is 0.293 e. The third-order valence-corrected chi connectivity index (χ3v) is 6.04. The number of aliphatic imine (C=N–C) groups is 1. The van der Waals surface area contributed by atoms with Gasteiger partial charge in [-0.15, -0.1) is 0 Å². The van der Waals surface area contributed by atoms with Crippen LogP contribution in [0.1, 0.15) is 18.9 Å². The smallest absolute Gasteiger partial charge is 0.293 e. The number of rotatable bonds is 2. The average Bonchev–Trinajstić information content (AvgIpc) is 2.81. The first-order valence-corrected chi connectivity index (χ1v) is 8.12. The van der Waals surface area contributed by atoms with E-state index in [-0.39, 0.29) is 5.84 Å². The highest BCUT2D eigenvalue weighted by Crippen LogP contribution is 2.86. The van der Waals surface area contributed by atoms with E-state index in [0.717, 1.165) is 5.56 Å². The average molecular weight is 343 g/mol. The Morgan fingerprint density at radius 1 is 1.21 bits per heavy atom. The van der Waals surface area contributed by atoms with Crippen LogP contribution in [0, 0.1) is 33.5 Å². The van der Waals surface area contributed by atoms with Crippen molar-refractivity contribution in [2.45, 2.75) is 24.7 Å². The molecule has 1 aromatic carbocycles. The number of benzene rings is 1. The van der Waals surface area contributed by atoms with Gasteiger partial charge in [0.1, 0.15) is 5.84 Å². The minimum atomic E-state index is -1.52. The number of nitrogens with two attached hydrogens (primary N) is 1. The lowest BCUT2D eigenvalue weighted by atomic mass is 9.80. The van der Waals surface area contributed by atoms with E-state index in [2.05, 4.69) is 17.1 Å². The van der Waals surface area contributed by atoms with Gasteiger partial charge in [0, 0.05) is 5.02 Å². The molecular formula is C17H15ClN4O2. The molecule has 3 atom stereocenters. The Balaban J connectivity index is 2.03. The zero-order valence-corrected chi connectivity index (χ0v) is 13.8. The molecule has 0 unspecified atom stereocenters. The maximum atomic E-state index is 10.2. The number of amidine groups is 1. The van der Waals surface area contributed by atoms with E-state index in [1.807, 2.05) is 19.1 Å². The molecule has 0 radical (unpaired) electrons. The summed E-state index contributed by atoms with van der Waals surface area (Å²) in [6.07, 6.45) is 0.514. The number of nitrogens with zero attached hydrogens (tertiary/aromatic N) is 3. The van der Waals surface area contributed by atoms with Crippen LogP contribution in [0.3, 0.4) is 0 Å². The van der Waals surface area contributed by atoms with E-state index in [1.54, 1.807) is 12.1 Å². The van der Waals surface area contributed by atoms with Gasteiger partial charge in [0.25, 0.3) is 5.91 Å². The topological polar surface area (TPSA) is 104 Å². The standard InChI is InChI=1S/C17H15ClN4O2/c1-2-14(11-3-5-12(18)6-4-11)15(9-19)13(21)22-17(16(14,15)10-20)23-7-8-24-17/h3-6H,2,7-8H2,1H3,(H2,21,22)/t14-,15-,16+/m0/s1. The van der Waals surface area contributed by atoms with Crippen molar-refractivity contribution in [2.75, 3.05) is 13.2 Å². The largest absolute Gasteiger partial charge is 0.386 e. The summed E-state index contributed by atoms with van der Waals surface area (Å²) in [6.45, 7) is 2.55. The third kappa shape index (κ3) is 1.20. The molecular weight excluding hydrogens is 328 g/mol. The van der Waals surface area contributed by atoms with Gasteiger partial charge in [-0.25, -0.2) is 4.99 Å². The Hall–Kier alpha value is -2.12. The van der Waals surface area contributed by atoms with Crippen LogP contribution in [0.4, 0.5) is 0 Å². The molecule has 1 aliphatic carbocycles.